The quantitative estimate of drug-likeness (QED) is 0.571. The summed E-state index contributed by atoms with van der Waals surface area (Å²) in [6.45, 7) is 4.88. The standard InChI is InChI=1S/C22H21N/c1-22(2)15-12-18-16(19(22)13-15)8-11-21-17(18)9-10-20(23-21)14-6-4-3-5-7-14/h3-11,15,19H,12-13H2,1-2H3. The van der Waals surface area contributed by atoms with Crippen molar-refractivity contribution < 1.29 is 0 Å². The molecule has 2 bridgehead atoms. The zero-order valence-electron chi connectivity index (χ0n) is 13.7. The van der Waals surface area contributed by atoms with E-state index in [1.807, 2.05) is 0 Å². The van der Waals surface area contributed by atoms with E-state index in [0.29, 0.717) is 5.41 Å². The van der Waals surface area contributed by atoms with Crippen molar-refractivity contribution in [2.75, 3.05) is 0 Å². The topological polar surface area (TPSA) is 12.9 Å². The van der Waals surface area contributed by atoms with Crippen LogP contribution in [0.25, 0.3) is 22.2 Å². The van der Waals surface area contributed by atoms with Gasteiger partial charge in [0, 0.05) is 10.9 Å². The van der Waals surface area contributed by atoms with Gasteiger partial charge in [-0.3, -0.25) is 0 Å². The van der Waals surface area contributed by atoms with Crippen LogP contribution < -0.4 is 0 Å². The second kappa shape index (κ2) is 4.44. The Labute approximate surface area is 137 Å². The summed E-state index contributed by atoms with van der Waals surface area (Å²) < 4.78 is 0. The third-order valence-corrected chi connectivity index (χ3v) is 6.39. The molecule has 1 nitrogen and oxygen atoms in total. The molecule has 0 amide bonds. The fourth-order valence-electron chi connectivity index (χ4n) is 4.74. The summed E-state index contributed by atoms with van der Waals surface area (Å²) in [5.41, 5.74) is 7.03. The van der Waals surface area contributed by atoms with Gasteiger partial charge < -0.3 is 0 Å². The van der Waals surface area contributed by atoms with E-state index in [9.17, 15) is 0 Å². The molecule has 3 aliphatic carbocycles. The first-order valence-electron chi connectivity index (χ1n) is 8.62. The molecule has 0 aliphatic heterocycles. The minimum atomic E-state index is 0.484. The number of hydrogen-bond donors (Lipinski definition) is 0. The van der Waals surface area contributed by atoms with Crippen LogP contribution >= 0.6 is 0 Å². The van der Waals surface area contributed by atoms with E-state index in [1.54, 1.807) is 11.1 Å². The summed E-state index contributed by atoms with van der Waals surface area (Å²) in [7, 11) is 0. The summed E-state index contributed by atoms with van der Waals surface area (Å²) in [6.07, 6.45) is 2.60. The van der Waals surface area contributed by atoms with Crippen LogP contribution in [0.3, 0.4) is 0 Å². The van der Waals surface area contributed by atoms with Crippen molar-refractivity contribution in [2.45, 2.75) is 32.6 Å². The number of rotatable bonds is 1. The van der Waals surface area contributed by atoms with Crippen LogP contribution in [0, 0.1) is 11.3 Å². The second-order valence-corrected chi connectivity index (χ2v) is 7.77. The summed E-state index contributed by atoms with van der Waals surface area (Å²) in [4.78, 5) is 4.93. The Balaban J connectivity index is 1.66. The average Bonchev–Trinajstić information content (AvgIpc) is 2.61. The van der Waals surface area contributed by atoms with Crippen molar-refractivity contribution >= 4 is 10.9 Å². The molecular weight excluding hydrogens is 278 g/mol. The fourth-order valence-corrected chi connectivity index (χ4v) is 4.74. The number of benzene rings is 2. The summed E-state index contributed by atoms with van der Waals surface area (Å²) in [5.74, 6) is 1.59. The van der Waals surface area contributed by atoms with Gasteiger partial charge in [0.15, 0.2) is 0 Å². The van der Waals surface area contributed by atoms with Gasteiger partial charge in [-0.2, -0.15) is 0 Å². The van der Waals surface area contributed by atoms with Gasteiger partial charge in [0.1, 0.15) is 0 Å². The highest BCUT2D eigenvalue weighted by molar-refractivity contribution is 5.86. The van der Waals surface area contributed by atoms with E-state index >= 15 is 0 Å². The summed E-state index contributed by atoms with van der Waals surface area (Å²) in [5, 5.41) is 1.37. The Hall–Kier alpha value is -2.15. The van der Waals surface area contributed by atoms with E-state index in [0.717, 1.165) is 23.0 Å². The van der Waals surface area contributed by atoms with Crippen LogP contribution in [0.15, 0.2) is 54.6 Å². The van der Waals surface area contributed by atoms with Gasteiger partial charge in [0.2, 0.25) is 0 Å². The molecule has 23 heavy (non-hydrogen) atoms. The lowest BCUT2D eigenvalue weighted by Crippen LogP contribution is -2.48. The van der Waals surface area contributed by atoms with E-state index in [4.69, 9.17) is 4.98 Å². The Morgan fingerprint density at radius 2 is 1.78 bits per heavy atom. The van der Waals surface area contributed by atoms with Crippen molar-refractivity contribution in [3.05, 3.63) is 65.7 Å². The zero-order valence-corrected chi connectivity index (χ0v) is 13.7. The number of pyridine rings is 1. The van der Waals surface area contributed by atoms with Crippen LogP contribution in [0.4, 0.5) is 0 Å². The van der Waals surface area contributed by atoms with Crippen molar-refractivity contribution in [3.63, 3.8) is 0 Å². The Bertz CT molecular complexity index is 908. The molecule has 0 saturated heterocycles. The van der Waals surface area contributed by atoms with Crippen molar-refractivity contribution in [1.29, 1.82) is 0 Å². The van der Waals surface area contributed by atoms with Gasteiger partial charge in [-0.25, -0.2) is 4.98 Å². The number of fused-ring (bicyclic) bond motifs is 1. The molecule has 1 aromatic heterocycles. The molecule has 1 heterocycles. The SMILES string of the molecule is CC1(C)C2Cc3c(ccc4nc(-c5ccccc5)ccc34)C1C2. The molecule has 114 valence electrons. The maximum absolute atomic E-state index is 4.93. The molecule has 1 saturated carbocycles. The van der Waals surface area contributed by atoms with Gasteiger partial charge in [0.05, 0.1) is 11.2 Å². The fraction of sp³-hybridized carbons (Fsp3) is 0.318. The van der Waals surface area contributed by atoms with Crippen molar-refractivity contribution in [3.8, 4) is 11.3 Å². The molecule has 1 fully saturated rings. The maximum Gasteiger partial charge on any atom is 0.0712 e. The minimum Gasteiger partial charge on any atom is -0.248 e. The third kappa shape index (κ3) is 1.77. The number of aromatic nitrogens is 1. The first-order chi connectivity index (χ1) is 11.1. The van der Waals surface area contributed by atoms with Crippen LogP contribution in [-0.2, 0) is 6.42 Å². The molecule has 2 aromatic carbocycles. The molecule has 2 unspecified atom stereocenters. The lowest BCUT2D eigenvalue weighted by atomic mass is 9.47. The van der Waals surface area contributed by atoms with Crippen LogP contribution in [-0.4, -0.2) is 4.98 Å². The van der Waals surface area contributed by atoms with Crippen molar-refractivity contribution in [2.24, 2.45) is 11.3 Å². The molecule has 6 rings (SSSR count). The average molecular weight is 299 g/mol. The highest BCUT2D eigenvalue weighted by Crippen LogP contribution is 2.62. The highest BCUT2D eigenvalue weighted by Gasteiger charge is 2.52. The first kappa shape index (κ1) is 13.3. The third-order valence-electron chi connectivity index (χ3n) is 6.39. The van der Waals surface area contributed by atoms with Crippen LogP contribution in [0.5, 0.6) is 0 Å². The highest BCUT2D eigenvalue weighted by atomic mass is 14.7. The zero-order chi connectivity index (χ0) is 15.6. The molecule has 3 aliphatic rings. The Morgan fingerprint density at radius 3 is 2.57 bits per heavy atom. The van der Waals surface area contributed by atoms with Gasteiger partial charge >= 0.3 is 0 Å². The Kier molecular flexibility index (Phi) is 2.57. The Morgan fingerprint density at radius 1 is 0.957 bits per heavy atom. The van der Waals surface area contributed by atoms with Gasteiger partial charge in [-0.1, -0.05) is 56.3 Å². The summed E-state index contributed by atoms with van der Waals surface area (Å²) in [6, 6.07) is 19.5. The monoisotopic (exact) mass is 299 g/mol. The van der Waals surface area contributed by atoms with Crippen LogP contribution in [0.1, 0.15) is 37.3 Å². The van der Waals surface area contributed by atoms with Crippen LogP contribution in [0.2, 0.25) is 0 Å². The predicted molar refractivity (Wildman–Crippen MR) is 95.5 cm³/mol. The van der Waals surface area contributed by atoms with Gasteiger partial charge in [0.25, 0.3) is 0 Å². The number of hydrogen-bond acceptors (Lipinski definition) is 1. The smallest absolute Gasteiger partial charge is 0.0712 e. The van der Waals surface area contributed by atoms with E-state index < -0.39 is 0 Å². The van der Waals surface area contributed by atoms with Gasteiger partial charge in [-0.15, -0.1) is 0 Å². The van der Waals surface area contributed by atoms with Crippen molar-refractivity contribution in [1.82, 2.24) is 4.98 Å². The van der Waals surface area contributed by atoms with E-state index in [1.165, 1.54) is 23.8 Å². The van der Waals surface area contributed by atoms with Gasteiger partial charge in [-0.05, 0) is 53.4 Å². The second-order valence-electron chi connectivity index (χ2n) is 7.77. The minimum absolute atomic E-state index is 0.484. The molecule has 0 N–H and O–H groups in total. The van der Waals surface area contributed by atoms with E-state index in [-0.39, 0.29) is 0 Å². The lowest BCUT2D eigenvalue weighted by molar-refractivity contribution is 0.0191. The lowest BCUT2D eigenvalue weighted by Gasteiger charge is -2.57. The number of nitrogens with zero attached hydrogens (tertiary/aromatic N) is 1. The van der Waals surface area contributed by atoms with E-state index in [2.05, 4.69) is 68.4 Å². The molecular formula is C22H21N. The molecule has 0 spiro atoms. The largest absolute Gasteiger partial charge is 0.248 e. The molecule has 3 aromatic rings. The first-order valence-corrected chi connectivity index (χ1v) is 8.62. The maximum atomic E-state index is 4.93. The summed E-state index contributed by atoms with van der Waals surface area (Å²) >= 11 is 0. The molecule has 1 heteroatoms. The molecule has 2 atom stereocenters. The normalized spacial score (nSPS) is 24.1. The molecule has 0 radical (unpaired) electrons. The predicted octanol–water partition coefficient (Wildman–Crippen LogP) is 5.59.